The summed E-state index contributed by atoms with van der Waals surface area (Å²) in [5.41, 5.74) is -0.645. The Labute approximate surface area is 93.3 Å². The van der Waals surface area contributed by atoms with E-state index in [9.17, 15) is 9.90 Å². The zero-order chi connectivity index (χ0) is 9.61. The van der Waals surface area contributed by atoms with Crippen LogP contribution in [0.5, 0.6) is 0 Å². The van der Waals surface area contributed by atoms with Crippen molar-refractivity contribution < 1.29 is 28.8 Å². The minimum absolute atomic E-state index is 0. The minimum Gasteiger partial charge on any atom is -0.550 e. The predicted octanol–water partition coefficient (Wildman–Crippen LogP) is -1.26. The van der Waals surface area contributed by atoms with E-state index in [0.29, 0.717) is 0 Å². The van der Waals surface area contributed by atoms with Gasteiger partial charge in [0.25, 0.3) is 0 Å². The number of hydrogen-bond donors (Lipinski definition) is 0. The van der Waals surface area contributed by atoms with Crippen LogP contribution in [-0.2, 0) is 4.79 Å². The number of carboxylic acid groups (broad SMARTS) is 1. The van der Waals surface area contributed by atoms with E-state index in [2.05, 4.69) is 6.92 Å². The van der Waals surface area contributed by atoms with Crippen molar-refractivity contribution in [2.24, 2.45) is 5.41 Å². The molecule has 0 aliphatic rings. The molecule has 0 saturated heterocycles. The Hall–Kier alpha value is 0.0674. The van der Waals surface area contributed by atoms with Crippen molar-refractivity contribution in [3.05, 3.63) is 0 Å². The summed E-state index contributed by atoms with van der Waals surface area (Å²) in [5, 5.41) is 10.6. The van der Waals surface area contributed by atoms with Crippen LogP contribution in [0.25, 0.3) is 0 Å². The fourth-order valence-electron chi connectivity index (χ4n) is 1.10. The molecule has 0 saturated carbocycles. The molecule has 0 rings (SSSR count). The Kier molecular flexibility index (Phi) is 8.93. The van der Waals surface area contributed by atoms with Crippen LogP contribution >= 0.6 is 0 Å². The summed E-state index contributed by atoms with van der Waals surface area (Å²) in [6.45, 7) is 5.60. The topological polar surface area (TPSA) is 40.1 Å². The first-order valence-corrected chi connectivity index (χ1v) is 4.72. The molecule has 0 heterocycles. The normalized spacial score (nSPS) is 10.7. The Morgan fingerprint density at radius 1 is 1.23 bits per heavy atom. The molecule has 72 valence electrons. The third-order valence-electron chi connectivity index (χ3n) is 2.21. The Bertz CT molecular complexity index is 144. The molecule has 3 heteroatoms. The maximum absolute atomic E-state index is 10.6. The molecule has 0 bridgehead atoms. The molecule has 0 aliphatic heterocycles. The van der Waals surface area contributed by atoms with Crippen molar-refractivity contribution in [2.45, 2.75) is 52.9 Å². The number of hydrogen-bond acceptors (Lipinski definition) is 2. The van der Waals surface area contributed by atoms with Crippen molar-refractivity contribution >= 4 is 5.97 Å². The summed E-state index contributed by atoms with van der Waals surface area (Å²) in [4.78, 5) is 10.6. The first-order valence-electron chi connectivity index (χ1n) is 4.72. The quantitative estimate of drug-likeness (QED) is 0.376. The van der Waals surface area contributed by atoms with E-state index in [0.717, 1.165) is 19.3 Å². The van der Waals surface area contributed by atoms with Gasteiger partial charge in [-0.3, -0.25) is 0 Å². The largest absolute Gasteiger partial charge is 1.00 e. The molecule has 13 heavy (non-hydrogen) atoms. The number of aliphatic carboxylic acids is 1. The van der Waals surface area contributed by atoms with E-state index in [1.807, 2.05) is 0 Å². The Balaban J connectivity index is 0. The molecule has 0 aliphatic carbocycles. The van der Waals surface area contributed by atoms with Crippen LogP contribution < -0.4 is 24.0 Å². The number of carbonyl (C=O) groups is 1. The molecule has 0 unspecified atom stereocenters. The second-order valence-electron chi connectivity index (χ2n) is 3.98. The zero-order valence-corrected chi connectivity index (χ0v) is 9.35. The summed E-state index contributed by atoms with van der Waals surface area (Å²) in [7, 11) is 0. The molecule has 0 aromatic heterocycles. The standard InChI is InChI=1S/C10H20O2.Li/c1-4-5-6-7-8-10(2,3)9(11)12;/h4-8H2,1-3H3,(H,11,12);/q;+1/p-1. The van der Waals surface area contributed by atoms with Gasteiger partial charge in [0.1, 0.15) is 0 Å². The molecule has 0 fully saturated rings. The summed E-state index contributed by atoms with van der Waals surface area (Å²) < 4.78 is 0. The summed E-state index contributed by atoms with van der Waals surface area (Å²) >= 11 is 0. The van der Waals surface area contributed by atoms with E-state index in [1.165, 1.54) is 12.8 Å². The number of unbranched alkanes of at least 4 members (excludes halogenated alkanes) is 3. The van der Waals surface area contributed by atoms with Gasteiger partial charge in [-0.25, -0.2) is 0 Å². The van der Waals surface area contributed by atoms with E-state index in [-0.39, 0.29) is 18.9 Å². The summed E-state index contributed by atoms with van der Waals surface area (Å²) in [6.07, 6.45) is 5.24. The van der Waals surface area contributed by atoms with Crippen molar-refractivity contribution in [3.63, 3.8) is 0 Å². The van der Waals surface area contributed by atoms with Crippen LogP contribution in [0.1, 0.15) is 52.9 Å². The van der Waals surface area contributed by atoms with Gasteiger partial charge in [-0.05, 0) is 6.42 Å². The van der Waals surface area contributed by atoms with Crippen LogP contribution in [0.3, 0.4) is 0 Å². The van der Waals surface area contributed by atoms with E-state index < -0.39 is 11.4 Å². The van der Waals surface area contributed by atoms with Crippen LogP contribution in [0.4, 0.5) is 0 Å². The van der Waals surface area contributed by atoms with Gasteiger partial charge in [0.2, 0.25) is 0 Å². The second-order valence-corrected chi connectivity index (χ2v) is 3.98. The first kappa shape index (κ1) is 15.5. The van der Waals surface area contributed by atoms with Gasteiger partial charge in [0.15, 0.2) is 0 Å². The monoisotopic (exact) mass is 178 g/mol. The second kappa shape index (κ2) is 7.47. The van der Waals surface area contributed by atoms with Gasteiger partial charge in [0, 0.05) is 11.4 Å². The molecule has 0 radical (unpaired) electrons. The van der Waals surface area contributed by atoms with Crippen molar-refractivity contribution in [1.29, 1.82) is 0 Å². The van der Waals surface area contributed by atoms with Crippen molar-refractivity contribution in [2.75, 3.05) is 0 Å². The van der Waals surface area contributed by atoms with Gasteiger partial charge < -0.3 is 9.90 Å². The Morgan fingerprint density at radius 2 is 1.77 bits per heavy atom. The smallest absolute Gasteiger partial charge is 0.550 e. The van der Waals surface area contributed by atoms with Crippen molar-refractivity contribution in [3.8, 4) is 0 Å². The van der Waals surface area contributed by atoms with Gasteiger partial charge in [-0.15, -0.1) is 0 Å². The maximum Gasteiger partial charge on any atom is 1.00 e. The van der Waals surface area contributed by atoms with Crippen LogP contribution in [0.2, 0.25) is 0 Å². The van der Waals surface area contributed by atoms with E-state index >= 15 is 0 Å². The third kappa shape index (κ3) is 7.16. The summed E-state index contributed by atoms with van der Waals surface area (Å²) in [6, 6.07) is 0. The molecule has 0 N–H and O–H groups in total. The maximum atomic E-state index is 10.6. The summed E-state index contributed by atoms with van der Waals surface area (Å²) in [5.74, 6) is -0.931. The van der Waals surface area contributed by atoms with E-state index in [1.54, 1.807) is 13.8 Å². The number of carbonyl (C=O) groups excluding carboxylic acids is 1. The van der Waals surface area contributed by atoms with Crippen LogP contribution in [0, 0.1) is 5.41 Å². The SMILES string of the molecule is CCCCCCC(C)(C)C(=O)[O-].[Li+]. The van der Waals surface area contributed by atoms with Gasteiger partial charge in [-0.2, -0.15) is 0 Å². The molecule has 0 amide bonds. The fourth-order valence-corrected chi connectivity index (χ4v) is 1.10. The van der Waals surface area contributed by atoms with E-state index in [4.69, 9.17) is 0 Å². The average molecular weight is 178 g/mol. The molecule has 0 spiro atoms. The van der Waals surface area contributed by atoms with Gasteiger partial charge >= 0.3 is 18.9 Å². The molecule has 2 nitrogen and oxygen atoms in total. The Morgan fingerprint density at radius 3 is 2.15 bits per heavy atom. The third-order valence-corrected chi connectivity index (χ3v) is 2.21. The molecular weight excluding hydrogens is 159 g/mol. The number of carboxylic acids is 1. The predicted molar refractivity (Wildman–Crippen MR) is 47.5 cm³/mol. The first-order chi connectivity index (χ1) is 5.50. The van der Waals surface area contributed by atoms with Crippen LogP contribution in [0.15, 0.2) is 0 Å². The van der Waals surface area contributed by atoms with Crippen molar-refractivity contribution in [1.82, 2.24) is 0 Å². The fraction of sp³-hybridized carbons (Fsp3) is 0.900. The molecule has 0 aromatic rings. The minimum atomic E-state index is -0.931. The molecule has 0 aromatic carbocycles. The van der Waals surface area contributed by atoms with Gasteiger partial charge in [-0.1, -0.05) is 46.5 Å². The molecule has 0 atom stereocenters. The van der Waals surface area contributed by atoms with Crippen LogP contribution in [-0.4, -0.2) is 5.97 Å². The molecular formula is C10H19LiO2. The zero-order valence-electron chi connectivity index (χ0n) is 9.35. The number of rotatable bonds is 6. The average Bonchev–Trinajstić information content (AvgIpc) is 1.98. The van der Waals surface area contributed by atoms with Gasteiger partial charge in [0.05, 0.1) is 0 Å².